The first-order valence-electron chi connectivity index (χ1n) is 8.38. The summed E-state index contributed by atoms with van der Waals surface area (Å²) in [5, 5.41) is 20.0. The number of aliphatic hydroxyl groups excluding tert-OH is 2. The minimum absolute atomic E-state index is 0.347. The van der Waals surface area contributed by atoms with Gasteiger partial charge in [-0.25, -0.2) is 0 Å². The van der Waals surface area contributed by atoms with Crippen molar-refractivity contribution in [3.05, 3.63) is 71.8 Å². The van der Waals surface area contributed by atoms with E-state index in [1.165, 1.54) is 0 Å². The van der Waals surface area contributed by atoms with E-state index in [-0.39, 0.29) is 11.9 Å². The van der Waals surface area contributed by atoms with Crippen LogP contribution in [-0.2, 0) is 55.4 Å². The molecule has 0 amide bonds. The van der Waals surface area contributed by atoms with E-state index in [0.717, 1.165) is 0 Å². The van der Waals surface area contributed by atoms with Gasteiger partial charge in [-0.2, -0.15) is 0 Å². The number of carbonyl (C=O) groups is 2. The van der Waals surface area contributed by atoms with Crippen molar-refractivity contribution in [3.63, 3.8) is 0 Å². The Hall–Kier alpha value is -0.830. The number of carbonyl (C=O) groups excluding carboxylic acids is 2. The molecule has 2 N–H and O–H groups in total. The van der Waals surface area contributed by atoms with Crippen LogP contribution in [-0.4, -0.2) is 34.4 Å². The molecule has 0 fully saturated rings. The predicted octanol–water partition coefficient (Wildman–Crippen LogP) is 2.25. The van der Waals surface area contributed by atoms with E-state index < -0.39 is 62.3 Å². The Balaban J connectivity index is 1.63. The van der Waals surface area contributed by atoms with Crippen molar-refractivity contribution in [2.75, 3.05) is 0 Å². The van der Waals surface area contributed by atoms with Crippen LogP contribution in [0.15, 0.2) is 60.7 Å². The summed E-state index contributed by atoms with van der Waals surface area (Å²) >= 11 is -4.15. The van der Waals surface area contributed by atoms with E-state index in [0.29, 0.717) is 19.0 Å². The maximum atomic E-state index is 11.8. The zero-order valence-corrected chi connectivity index (χ0v) is 25.3. The molecule has 2 aromatic rings. The quantitative estimate of drug-likeness (QED) is 0.385. The first-order valence-corrected chi connectivity index (χ1v) is 20.6. The van der Waals surface area contributed by atoms with Crippen LogP contribution in [0.2, 0.25) is 7.86 Å². The molecule has 0 spiro atoms. The van der Waals surface area contributed by atoms with E-state index in [1.807, 2.05) is 12.1 Å². The number of hydrogen-bond acceptors (Lipinski definition) is 6. The molecule has 26 heavy (non-hydrogen) atoms. The normalized spacial score (nSPS) is 12.2. The van der Waals surface area contributed by atoms with Gasteiger partial charge in [-0.1, -0.05) is 0 Å². The fourth-order valence-electron chi connectivity index (χ4n) is 2.24. The van der Waals surface area contributed by atoms with Gasteiger partial charge in [-0.3, -0.25) is 0 Å². The summed E-state index contributed by atoms with van der Waals surface area (Å²) in [6, 6.07) is 17.4. The molecule has 0 saturated carbocycles. The Bertz CT molecular complexity index is 634. The van der Waals surface area contributed by atoms with Gasteiger partial charge >= 0.3 is 179 Å². The molecular weight excluding hydrogens is 713 g/mol. The number of hydrogen-bond donors (Lipinski definition) is 2. The average Bonchev–Trinajstić information content (AvgIpc) is 2.68. The van der Waals surface area contributed by atoms with E-state index in [1.54, 1.807) is 48.5 Å². The Morgan fingerprint density at radius 3 is 1.42 bits per heavy atom. The Morgan fingerprint density at radius 2 is 1.08 bits per heavy atom. The van der Waals surface area contributed by atoms with Gasteiger partial charge in [0, 0.05) is 0 Å². The third kappa shape index (κ3) is 7.42. The fraction of sp³-hybridized carbons (Fsp3) is 0.222. The van der Waals surface area contributed by atoms with Crippen molar-refractivity contribution in [3.8, 4) is 0 Å². The van der Waals surface area contributed by atoms with Gasteiger partial charge in [0.15, 0.2) is 0 Å². The Kier molecular flexibility index (Phi) is 9.74. The number of aliphatic hydroxyl groups is 2. The molecule has 0 aliphatic carbocycles. The third-order valence-corrected chi connectivity index (χ3v) is 13.8. The third-order valence-electron chi connectivity index (χ3n) is 3.76. The molecule has 0 heterocycles. The summed E-state index contributed by atoms with van der Waals surface area (Å²) < 4.78 is 11.3. The van der Waals surface area contributed by atoms with E-state index >= 15 is 0 Å². The summed E-state index contributed by atoms with van der Waals surface area (Å²) in [4.78, 5) is 23.6. The Labute approximate surface area is 177 Å². The maximum absolute atomic E-state index is 11.8. The van der Waals surface area contributed by atoms with Gasteiger partial charge in [0.05, 0.1) is 0 Å². The number of rotatable bonds is 9. The van der Waals surface area contributed by atoms with Crippen molar-refractivity contribution < 1.29 is 75.2 Å². The number of benzene rings is 2. The molecule has 0 saturated heterocycles. The van der Waals surface area contributed by atoms with Crippen LogP contribution in [0.25, 0.3) is 0 Å². The van der Waals surface area contributed by atoms with Crippen LogP contribution < -0.4 is 0 Å². The van der Waals surface area contributed by atoms with Gasteiger partial charge in [-0.05, 0) is 0 Å². The fourth-order valence-corrected chi connectivity index (χ4v) is 10.8. The van der Waals surface area contributed by atoms with Crippen LogP contribution in [0.1, 0.15) is 20.7 Å². The van der Waals surface area contributed by atoms with Gasteiger partial charge < -0.3 is 0 Å². The molecule has 2 atom stereocenters. The van der Waals surface area contributed by atoms with Gasteiger partial charge in [-0.15, -0.1) is 0 Å². The van der Waals surface area contributed by atoms with Gasteiger partial charge in [0.25, 0.3) is 0 Å². The second kappa shape index (κ2) is 11.8. The SMILES string of the molecule is O=C([O][Hg][CH2][C@@H](O)[C@@H](O)[CH2][Hg][O]C(=O)c1ccccc1)c1ccccc1. The molecule has 0 aromatic heterocycles. The van der Waals surface area contributed by atoms with Crippen LogP contribution in [0, 0.1) is 0 Å². The molecule has 6 nitrogen and oxygen atoms in total. The summed E-state index contributed by atoms with van der Waals surface area (Å²) in [6.45, 7) is 0. The molecule has 130 valence electrons. The van der Waals surface area contributed by atoms with Crippen molar-refractivity contribution in [2.45, 2.75) is 20.1 Å². The van der Waals surface area contributed by atoms with E-state index in [9.17, 15) is 19.8 Å². The van der Waals surface area contributed by atoms with Gasteiger partial charge in [0.1, 0.15) is 0 Å². The molecular formula is C18H18Hg2O6. The molecule has 0 bridgehead atoms. The van der Waals surface area contributed by atoms with Gasteiger partial charge in [0.2, 0.25) is 0 Å². The summed E-state index contributed by atoms with van der Waals surface area (Å²) in [5.41, 5.74) is 0.986. The van der Waals surface area contributed by atoms with Crippen LogP contribution in [0.4, 0.5) is 0 Å². The zero-order valence-electron chi connectivity index (χ0n) is 14.3. The summed E-state index contributed by atoms with van der Waals surface area (Å²) in [5.74, 6) is -0.739. The molecule has 2 rings (SSSR count). The van der Waals surface area contributed by atoms with Crippen LogP contribution >= 0.6 is 0 Å². The first-order chi connectivity index (χ1) is 12.6. The predicted molar refractivity (Wildman–Crippen MR) is 85.3 cm³/mol. The molecule has 8 heteroatoms. The molecule has 0 radical (unpaired) electrons. The second-order valence-corrected chi connectivity index (χ2v) is 15.6. The van der Waals surface area contributed by atoms with Crippen LogP contribution in [0.3, 0.4) is 0 Å². The monoisotopic (exact) mass is 734 g/mol. The average molecular weight is 732 g/mol. The molecule has 0 aliphatic rings. The van der Waals surface area contributed by atoms with Crippen molar-refractivity contribution in [1.29, 1.82) is 0 Å². The first kappa shape index (κ1) is 21.5. The molecule has 0 aliphatic heterocycles. The standard InChI is InChI=1S/2C7H6O2.C4H8O2.2Hg/c2*8-7(9)6-4-2-1-3-5-6;1-3(5)4(2)6;;/h2*1-5H,(H,8,9);3-6H,1-2H2;;/q;;;2*+1/p-2/t;;3-,4+;;. The Morgan fingerprint density at radius 1 is 0.731 bits per heavy atom. The second-order valence-electron chi connectivity index (χ2n) is 5.72. The van der Waals surface area contributed by atoms with Crippen molar-refractivity contribution >= 4 is 11.9 Å². The van der Waals surface area contributed by atoms with Crippen molar-refractivity contribution in [2.24, 2.45) is 0 Å². The molecule has 2 aromatic carbocycles. The zero-order chi connectivity index (χ0) is 18.8. The summed E-state index contributed by atoms with van der Waals surface area (Å²) in [7, 11) is 0. The summed E-state index contributed by atoms with van der Waals surface area (Å²) in [6.07, 6.45) is -1.84. The van der Waals surface area contributed by atoms with E-state index in [2.05, 4.69) is 0 Å². The van der Waals surface area contributed by atoms with Crippen LogP contribution in [0.5, 0.6) is 0 Å². The molecule has 0 unspecified atom stereocenters. The topological polar surface area (TPSA) is 93.1 Å². The minimum atomic E-state index is -2.07. The van der Waals surface area contributed by atoms with E-state index in [4.69, 9.17) is 5.29 Å². The van der Waals surface area contributed by atoms with Crippen molar-refractivity contribution in [1.82, 2.24) is 0 Å².